The van der Waals surface area contributed by atoms with Gasteiger partial charge in [0.25, 0.3) is 11.8 Å². The number of hydrogen-bond donors (Lipinski definition) is 1. The molecule has 2 aromatic heterocycles. The zero-order valence-corrected chi connectivity index (χ0v) is 17.9. The van der Waals surface area contributed by atoms with Crippen molar-refractivity contribution in [3.63, 3.8) is 0 Å². The van der Waals surface area contributed by atoms with Crippen molar-refractivity contribution >= 4 is 11.8 Å². The van der Waals surface area contributed by atoms with Crippen LogP contribution in [0.25, 0.3) is 0 Å². The quantitative estimate of drug-likeness (QED) is 0.794. The van der Waals surface area contributed by atoms with Crippen LogP contribution in [0.3, 0.4) is 0 Å². The predicted molar refractivity (Wildman–Crippen MR) is 111 cm³/mol. The van der Waals surface area contributed by atoms with Gasteiger partial charge in [-0.1, -0.05) is 0 Å². The van der Waals surface area contributed by atoms with Crippen LogP contribution in [0.4, 0.5) is 0 Å². The average Bonchev–Trinajstić information content (AvgIpc) is 3.14. The Hall–Kier alpha value is -2.81. The predicted octanol–water partition coefficient (Wildman–Crippen LogP) is 0.670. The highest BCUT2D eigenvalue weighted by molar-refractivity contribution is 5.95. The normalized spacial score (nSPS) is 19.4. The maximum atomic E-state index is 13.0. The van der Waals surface area contributed by atoms with Crippen LogP contribution in [-0.2, 0) is 13.0 Å². The van der Waals surface area contributed by atoms with E-state index in [1.165, 1.54) is 0 Å². The van der Waals surface area contributed by atoms with Gasteiger partial charge >= 0.3 is 0 Å². The molecule has 1 atom stereocenters. The molecule has 2 aliphatic rings. The highest BCUT2D eigenvalue weighted by Gasteiger charge is 2.29. The Labute approximate surface area is 176 Å². The number of fused-ring (bicyclic) bond motifs is 1. The number of nitrogens with one attached hydrogen (secondary N) is 1. The molecule has 0 aromatic carbocycles. The first-order valence-corrected chi connectivity index (χ1v) is 10.5. The Morgan fingerprint density at radius 2 is 1.90 bits per heavy atom. The lowest BCUT2D eigenvalue weighted by molar-refractivity contribution is 0.0661. The van der Waals surface area contributed by atoms with Gasteiger partial charge in [-0.3, -0.25) is 14.3 Å². The van der Waals surface area contributed by atoms with Gasteiger partial charge in [-0.25, -0.2) is 9.97 Å². The summed E-state index contributed by atoms with van der Waals surface area (Å²) in [6.07, 6.45) is 3.36. The Bertz CT molecular complexity index is 927. The fourth-order valence-electron chi connectivity index (χ4n) is 4.19. The van der Waals surface area contributed by atoms with E-state index in [-0.39, 0.29) is 17.7 Å². The van der Waals surface area contributed by atoms with Crippen molar-refractivity contribution in [2.45, 2.75) is 33.2 Å². The fourth-order valence-corrected chi connectivity index (χ4v) is 4.19. The molecule has 1 N–H and O–H groups in total. The molecular formula is C21H29N7O2. The number of carbonyl (C=O) groups is 2. The summed E-state index contributed by atoms with van der Waals surface area (Å²) < 4.78 is 1.94. The molecule has 9 nitrogen and oxygen atoms in total. The second kappa shape index (κ2) is 8.51. The molecule has 1 unspecified atom stereocenters. The lowest BCUT2D eigenvalue weighted by Crippen LogP contribution is -2.47. The number of likely N-dealkylation sites (N-methyl/N-ethyl adjacent to an activating group) is 1. The fraction of sp³-hybridized carbons (Fsp3) is 0.571. The summed E-state index contributed by atoms with van der Waals surface area (Å²) in [5.41, 5.74) is 2.86. The lowest BCUT2D eigenvalue weighted by atomic mass is 9.94. The van der Waals surface area contributed by atoms with Crippen LogP contribution in [-0.4, -0.2) is 81.1 Å². The van der Waals surface area contributed by atoms with E-state index in [1.54, 1.807) is 19.2 Å². The minimum absolute atomic E-state index is 0.0703. The molecule has 9 heteroatoms. The van der Waals surface area contributed by atoms with E-state index in [0.717, 1.165) is 57.0 Å². The molecule has 4 heterocycles. The van der Waals surface area contributed by atoms with E-state index in [4.69, 9.17) is 0 Å². The maximum Gasteiger partial charge on any atom is 0.270 e. The Morgan fingerprint density at radius 1 is 1.13 bits per heavy atom. The Balaban J connectivity index is 1.39. The van der Waals surface area contributed by atoms with Crippen molar-refractivity contribution in [2.24, 2.45) is 5.92 Å². The molecule has 0 bridgehead atoms. The number of aryl methyl sites for hydroxylation is 3. The molecule has 1 fully saturated rings. The molecule has 2 amide bonds. The highest BCUT2D eigenvalue weighted by atomic mass is 16.2. The van der Waals surface area contributed by atoms with Crippen molar-refractivity contribution in [3.05, 3.63) is 40.7 Å². The van der Waals surface area contributed by atoms with Gasteiger partial charge in [0.1, 0.15) is 11.5 Å². The summed E-state index contributed by atoms with van der Waals surface area (Å²) in [6, 6.07) is 1.70. The van der Waals surface area contributed by atoms with Gasteiger partial charge in [0.05, 0.1) is 17.5 Å². The third-order valence-corrected chi connectivity index (χ3v) is 5.95. The van der Waals surface area contributed by atoms with Crippen LogP contribution in [0, 0.1) is 19.8 Å². The minimum atomic E-state index is -0.184. The molecule has 160 valence electrons. The Kier molecular flexibility index (Phi) is 5.80. The molecular weight excluding hydrogens is 382 g/mol. The van der Waals surface area contributed by atoms with Gasteiger partial charge < -0.3 is 15.1 Å². The van der Waals surface area contributed by atoms with Crippen LogP contribution in [0.5, 0.6) is 0 Å². The van der Waals surface area contributed by atoms with Crippen molar-refractivity contribution < 1.29 is 9.59 Å². The summed E-state index contributed by atoms with van der Waals surface area (Å²) in [6.45, 7) is 8.23. The molecule has 0 radical (unpaired) electrons. The van der Waals surface area contributed by atoms with Crippen LogP contribution >= 0.6 is 0 Å². The van der Waals surface area contributed by atoms with Crippen LogP contribution in [0.15, 0.2) is 12.3 Å². The molecule has 0 saturated carbocycles. The number of carbonyl (C=O) groups excluding carboxylic acids is 2. The first-order chi connectivity index (χ1) is 14.4. The van der Waals surface area contributed by atoms with Crippen LogP contribution in [0.2, 0.25) is 0 Å². The first-order valence-electron chi connectivity index (χ1n) is 10.5. The molecule has 2 aromatic rings. The van der Waals surface area contributed by atoms with E-state index in [9.17, 15) is 9.59 Å². The highest BCUT2D eigenvalue weighted by Crippen LogP contribution is 2.24. The summed E-state index contributed by atoms with van der Waals surface area (Å²) in [5, 5.41) is 7.44. The zero-order valence-electron chi connectivity index (χ0n) is 17.9. The summed E-state index contributed by atoms with van der Waals surface area (Å²) in [7, 11) is 2.08. The number of piperazine rings is 1. The molecule has 0 aliphatic carbocycles. The molecule has 0 spiro atoms. The van der Waals surface area contributed by atoms with E-state index in [2.05, 4.69) is 32.3 Å². The number of aromatic nitrogens is 4. The lowest BCUT2D eigenvalue weighted by Gasteiger charge is -2.32. The van der Waals surface area contributed by atoms with Crippen LogP contribution in [0.1, 0.15) is 44.5 Å². The van der Waals surface area contributed by atoms with Crippen molar-refractivity contribution in [3.8, 4) is 0 Å². The van der Waals surface area contributed by atoms with Crippen LogP contribution < -0.4 is 5.32 Å². The molecule has 30 heavy (non-hydrogen) atoms. The van der Waals surface area contributed by atoms with Gasteiger partial charge in [0.15, 0.2) is 0 Å². The molecule has 4 rings (SSSR count). The van der Waals surface area contributed by atoms with Gasteiger partial charge in [0.2, 0.25) is 0 Å². The minimum Gasteiger partial charge on any atom is -0.350 e. The van der Waals surface area contributed by atoms with E-state index in [0.29, 0.717) is 23.6 Å². The monoisotopic (exact) mass is 411 g/mol. The average molecular weight is 412 g/mol. The van der Waals surface area contributed by atoms with Crippen molar-refractivity contribution in [1.29, 1.82) is 0 Å². The molecule has 2 aliphatic heterocycles. The first kappa shape index (κ1) is 20.5. The van der Waals surface area contributed by atoms with Gasteiger partial charge in [-0.05, 0) is 45.7 Å². The number of hydrogen-bond acceptors (Lipinski definition) is 6. The van der Waals surface area contributed by atoms with Crippen molar-refractivity contribution in [1.82, 2.24) is 34.9 Å². The third kappa shape index (κ3) is 4.35. The standard InChI is InChI=1S/C21H29N7O2/c1-14-10-18(25-15(2)24-14)20(29)22-12-16-4-5-28-19(11-16)17(13-23-28)21(30)27-8-6-26(3)7-9-27/h10,13,16H,4-9,11-12H2,1-3H3,(H,22,29). The number of amides is 2. The smallest absolute Gasteiger partial charge is 0.270 e. The van der Waals surface area contributed by atoms with E-state index < -0.39 is 0 Å². The summed E-state index contributed by atoms with van der Waals surface area (Å²) in [4.78, 5) is 38.1. The second-order valence-corrected chi connectivity index (χ2v) is 8.33. The van der Waals surface area contributed by atoms with Gasteiger partial charge in [-0.15, -0.1) is 0 Å². The largest absolute Gasteiger partial charge is 0.350 e. The Morgan fingerprint density at radius 3 is 2.63 bits per heavy atom. The third-order valence-electron chi connectivity index (χ3n) is 5.95. The van der Waals surface area contributed by atoms with Gasteiger partial charge in [-0.2, -0.15) is 5.10 Å². The van der Waals surface area contributed by atoms with E-state index in [1.807, 2.05) is 16.5 Å². The topological polar surface area (TPSA) is 96.2 Å². The van der Waals surface area contributed by atoms with E-state index >= 15 is 0 Å². The second-order valence-electron chi connectivity index (χ2n) is 8.33. The maximum absolute atomic E-state index is 13.0. The number of rotatable bonds is 4. The summed E-state index contributed by atoms with van der Waals surface area (Å²) >= 11 is 0. The van der Waals surface area contributed by atoms with Crippen molar-refractivity contribution in [2.75, 3.05) is 39.8 Å². The molecule has 1 saturated heterocycles. The zero-order chi connectivity index (χ0) is 21.3. The summed E-state index contributed by atoms with van der Waals surface area (Å²) in [5.74, 6) is 0.743. The van der Waals surface area contributed by atoms with Gasteiger partial charge in [0, 0.05) is 45.0 Å². The SMILES string of the molecule is Cc1cc(C(=O)NCC2CCn3ncc(C(=O)N4CCN(C)CC4)c3C2)nc(C)n1. The number of nitrogens with zero attached hydrogens (tertiary/aromatic N) is 6.